The minimum Gasteiger partial charge on any atom is -0.459 e. The maximum Gasteiger partial charge on any atom is 0.225 e. The summed E-state index contributed by atoms with van der Waals surface area (Å²) in [5.41, 5.74) is 7.24. The van der Waals surface area contributed by atoms with Crippen molar-refractivity contribution in [3.05, 3.63) is 66.7 Å². The second kappa shape index (κ2) is 7.90. The molecule has 0 aliphatic carbocycles. The van der Waals surface area contributed by atoms with Gasteiger partial charge in [0.15, 0.2) is 5.96 Å². The van der Waals surface area contributed by atoms with Gasteiger partial charge in [0.05, 0.1) is 0 Å². The molecule has 0 radical (unpaired) electrons. The van der Waals surface area contributed by atoms with Crippen LogP contribution < -0.4 is 10.6 Å². The molecule has 3 heterocycles. The van der Waals surface area contributed by atoms with Crippen molar-refractivity contribution in [2.45, 2.75) is 6.54 Å². The molecule has 7 nitrogen and oxygen atoms in total. The van der Waals surface area contributed by atoms with Crippen molar-refractivity contribution in [3.8, 4) is 11.3 Å². The average molecular weight is 362 g/mol. The van der Waals surface area contributed by atoms with Crippen molar-refractivity contribution in [2.75, 3.05) is 31.1 Å². The minimum absolute atomic E-state index is 0.431. The maximum absolute atomic E-state index is 6.18. The summed E-state index contributed by atoms with van der Waals surface area (Å²) in [4.78, 5) is 17.3. The summed E-state index contributed by atoms with van der Waals surface area (Å²) in [7, 11) is 0. The number of aromatic nitrogens is 2. The molecule has 1 fully saturated rings. The third-order valence-corrected chi connectivity index (χ3v) is 4.56. The summed E-state index contributed by atoms with van der Waals surface area (Å²) in [6.45, 7) is 3.65. The number of benzene rings is 1. The highest BCUT2D eigenvalue weighted by Gasteiger charge is 2.19. The van der Waals surface area contributed by atoms with Crippen LogP contribution in [0.5, 0.6) is 0 Å². The summed E-state index contributed by atoms with van der Waals surface area (Å²) in [6.07, 6.45) is 3.52. The van der Waals surface area contributed by atoms with Crippen molar-refractivity contribution in [1.82, 2.24) is 14.9 Å². The van der Waals surface area contributed by atoms with Crippen LogP contribution in [0.15, 0.2) is 70.3 Å². The van der Waals surface area contributed by atoms with Gasteiger partial charge in [-0.05, 0) is 18.2 Å². The number of nitrogens with two attached hydrogens (primary N) is 1. The molecule has 7 heteroatoms. The van der Waals surface area contributed by atoms with Crippen LogP contribution in [0.1, 0.15) is 5.76 Å². The van der Waals surface area contributed by atoms with Crippen LogP contribution in [-0.4, -0.2) is 47.0 Å². The summed E-state index contributed by atoms with van der Waals surface area (Å²) < 4.78 is 5.88. The largest absolute Gasteiger partial charge is 0.459 e. The number of guanidine groups is 1. The molecule has 1 aliphatic rings. The summed E-state index contributed by atoms with van der Waals surface area (Å²) in [5.74, 6) is 2.95. The molecule has 0 amide bonds. The molecule has 1 aliphatic heterocycles. The lowest BCUT2D eigenvalue weighted by Crippen LogP contribution is -2.51. The average Bonchev–Trinajstić information content (AvgIpc) is 3.22. The standard InChI is InChI=1S/C20H22N6O/c21-19(25-11-13-26(14-12-25)20-22-9-4-10-23-20)24-15-17-7-8-18(27-17)16-5-2-1-3-6-16/h1-10H,11-15H2,(H2,21,24). The third kappa shape index (κ3) is 4.08. The Labute approximate surface area is 158 Å². The van der Waals surface area contributed by atoms with Crippen LogP contribution >= 0.6 is 0 Å². The molecule has 0 unspecified atom stereocenters. The van der Waals surface area contributed by atoms with E-state index in [4.69, 9.17) is 10.2 Å². The molecule has 2 aromatic heterocycles. The number of piperazine rings is 1. The number of aliphatic imine (C=N–C) groups is 1. The molecule has 1 saturated heterocycles. The van der Waals surface area contributed by atoms with E-state index < -0.39 is 0 Å². The fourth-order valence-electron chi connectivity index (χ4n) is 3.07. The SMILES string of the molecule is NC(=NCc1ccc(-c2ccccc2)o1)N1CCN(c2ncccn2)CC1. The molecule has 4 rings (SSSR count). The van der Waals surface area contributed by atoms with Crippen LogP contribution in [0.3, 0.4) is 0 Å². The summed E-state index contributed by atoms with van der Waals surface area (Å²) in [6, 6.07) is 15.8. The molecule has 138 valence electrons. The van der Waals surface area contributed by atoms with Gasteiger partial charge >= 0.3 is 0 Å². The zero-order valence-corrected chi connectivity index (χ0v) is 15.0. The van der Waals surface area contributed by atoms with Crippen molar-refractivity contribution < 1.29 is 4.42 Å². The highest BCUT2D eigenvalue weighted by atomic mass is 16.3. The maximum atomic E-state index is 6.18. The van der Waals surface area contributed by atoms with Gasteiger partial charge < -0.3 is 20.0 Å². The summed E-state index contributed by atoms with van der Waals surface area (Å²) >= 11 is 0. The molecule has 3 aromatic rings. The molecule has 27 heavy (non-hydrogen) atoms. The lowest BCUT2D eigenvalue weighted by molar-refractivity contribution is 0.377. The second-order valence-electron chi connectivity index (χ2n) is 6.33. The summed E-state index contributed by atoms with van der Waals surface area (Å²) in [5, 5.41) is 0. The first-order valence-corrected chi connectivity index (χ1v) is 9.00. The van der Waals surface area contributed by atoms with E-state index in [1.165, 1.54) is 0 Å². The first kappa shape index (κ1) is 17.1. The number of anilines is 1. The van der Waals surface area contributed by atoms with Gasteiger partial charge in [-0.3, -0.25) is 0 Å². The fourth-order valence-corrected chi connectivity index (χ4v) is 3.07. The topological polar surface area (TPSA) is 83.8 Å². The highest BCUT2D eigenvalue weighted by molar-refractivity contribution is 5.78. The first-order valence-electron chi connectivity index (χ1n) is 9.00. The Hall–Kier alpha value is -3.35. The van der Waals surface area contributed by atoms with Gasteiger partial charge in [0.2, 0.25) is 5.95 Å². The monoisotopic (exact) mass is 362 g/mol. The Balaban J connectivity index is 1.33. The molecule has 0 atom stereocenters. The Morgan fingerprint density at radius 2 is 1.70 bits per heavy atom. The zero-order valence-electron chi connectivity index (χ0n) is 15.0. The van der Waals surface area contributed by atoms with Gasteiger partial charge in [0.1, 0.15) is 18.1 Å². The van der Waals surface area contributed by atoms with Crippen molar-refractivity contribution in [2.24, 2.45) is 10.7 Å². The fraction of sp³-hybridized carbons (Fsp3) is 0.250. The Morgan fingerprint density at radius 1 is 0.963 bits per heavy atom. The molecule has 0 saturated carbocycles. The van der Waals surface area contributed by atoms with E-state index in [9.17, 15) is 0 Å². The number of furan rings is 1. The Bertz CT molecular complexity index is 885. The number of hydrogen-bond donors (Lipinski definition) is 1. The van der Waals surface area contributed by atoms with E-state index >= 15 is 0 Å². The van der Waals surface area contributed by atoms with E-state index in [1.54, 1.807) is 12.4 Å². The van der Waals surface area contributed by atoms with E-state index in [0.717, 1.165) is 49.2 Å². The molecule has 0 spiro atoms. The van der Waals surface area contributed by atoms with Crippen LogP contribution in [0.25, 0.3) is 11.3 Å². The minimum atomic E-state index is 0.431. The van der Waals surface area contributed by atoms with E-state index in [1.807, 2.05) is 48.5 Å². The number of rotatable bonds is 4. The predicted octanol–water partition coefficient (Wildman–Crippen LogP) is 2.37. The van der Waals surface area contributed by atoms with Crippen LogP contribution in [-0.2, 0) is 6.54 Å². The van der Waals surface area contributed by atoms with Crippen molar-refractivity contribution in [1.29, 1.82) is 0 Å². The van der Waals surface area contributed by atoms with E-state index in [0.29, 0.717) is 12.5 Å². The van der Waals surface area contributed by atoms with Gasteiger partial charge in [-0.25, -0.2) is 15.0 Å². The van der Waals surface area contributed by atoms with Crippen molar-refractivity contribution >= 4 is 11.9 Å². The van der Waals surface area contributed by atoms with Crippen molar-refractivity contribution in [3.63, 3.8) is 0 Å². The lowest BCUT2D eigenvalue weighted by atomic mass is 10.2. The zero-order chi connectivity index (χ0) is 18.5. The normalized spacial score (nSPS) is 15.2. The molecular formula is C20H22N6O. The molecule has 0 bridgehead atoms. The Kier molecular flexibility index (Phi) is 5.00. The molecule has 2 N–H and O–H groups in total. The number of hydrogen-bond acceptors (Lipinski definition) is 5. The smallest absolute Gasteiger partial charge is 0.225 e. The first-order chi connectivity index (χ1) is 13.3. The third-order valence-electron chi connectivity index (χ3n) is 4.56. The van der Waals surface area contributed by atoms with Crippen LogP contribution in [0.4, 0.5) is 5.95 Å². The van der Waals surface area contributed by atoms with Gasteiger partial charge in [0, 0.05) is 44.1 Å². The van der Waals surface area contributed by atoms with E-state index in [-0.39, 0.29) is 0 Å². The number of nitrogens with zero attached hydrogens (tertiary/aromatic N) is 5. The molecular weight excluding hydrogens is 340 g/mol. The molecule has 1 aromatic carbocycles. The van der Waals surface area contributed by atoms with Gasteiger partial charge in [-0.1, -0.05) is 30.3 Å². The second-order valence-corrected chi connectivity index (χ2v) is 6.33. The van der Waals surface area contributed by atoms with Crippen LogP contribution in [0.2, 0.25) is 0 Å². The van der Waals surface area contributed by atoms with Gasteiger partial charge in [-0.2, -0.15) is 0 Å². The Morgan fingerprint density at radius 3 is 2.44 bits per heavy atom. The van der Waals surface area contributed by atoms with Crippen LogP contribution in [0, 0.1) is 0 Å². The highest BCUT2D eigenvalue weighted by Crippen LogP contribution is 2.22. The lowest BCUT2D eigenvalue weighted by Gasteiger charge is -2.35. The van der Waals surface area contributed by atoms with Gasteiger partial charge in [-0.15, -0.1) is 0 Å². The quantitative estimate of drug-likeness (QED) is 0.567. The van der Waals surface area contributed by atoms with Gasteiger partial charge in [0.25, 0.3) is 0 Å². The van der Waals surface area contributed by atoms with E-state index in [2.05, 4.69) is 24.8 Å². The predicted molar refractivity (Wildman–Crippen MR) is 105 cm³/mol.